The summed E-state index contributed by atoms with van der Waals surface area (Å²) in [5.74, 6) is 0.427. The summed E-state index contributed by atoms with van der Waals surface area (Å²) in [5.41, 5.74) is 7.90. The van der Waals surface area contributed by atoms with E-state index in [0.717, 1.165) is 18.4 Å². The van der Waals surface area contributed by atoms with Crippen LogP contribution in [0.3, 0.4) is 0 Å². The van der Waals surface area contributed by atoms with Gasteiger partial charge in [-0.1, -0.05) is 29.8 Å². The molecule has 2 N–H and O–H groups in total. The van der Waals surface area contributed by atoms with Gasteiger partial charge in [0.15, 0.2) is 0 Å². The van der Waals surface area contributed by atoms with Gasteiger partial charge in [-0.25, -0.2) is 4.39 Å². The van der Waals surface area contributed by atoms with Crippen LogP contribution in [-0.4, -0.2) is 12.6 Å². The number of hydrogen-bond acceptors (Lipinski definition) is 2. The highest BCUT2D eigenvalue weighted by Gasteiger charge is 2.23. The summed E-state index contributed by atoms with van der Waals surface area (Å²) in [6.07, 6.45) is 1.69. The summed E-state index contributed by atoms with van der Waals surface area (Å²) in [5, 5.41) is 0.594. The highest BCUT2D eigenvalue weighted by molar-refractivity contribution is 6.31. The van der Waals surface area contributed by atoms with E-state index in [-0.39, 0.29) is 11.9 Å². The Morgan fingerprint density at radius 3 is 2.80 bits per heavy atom. The summed E-state index contributed by atoms with van der Waals surface area (Å²) in [4.78, 5) is 0. The number of halogens is 2. The van der Waals surface area contributed by atoms with Crippen molar-refractivity contribution in [1.29, 1.82) is 0 Å². The quantitative estimate of drug-likeness (QED) is 0.913. The standard InChI is InChI=1S/C16H15ClFNO/c17-11-7-10-5-6-12(9-19)20-16(10)14(8-11)13-3-1-2-4-15(13)18/h1-4,7-8,12H,5-6,9,19H2/t12-/m1/s1. The van der Waals surface area contributed by atoms with Crippen molar-refractivity contribution in [2.24, 2.45) is 5.73 Å². The minimum absolute atomic E-state index is 0.0193. The molecule has 0 amide bonds. The Kier molecular flexibility index (Phi) is 3.64. The van der Waals surface area contributed by atoms with E-state index in [9.17, 15) is 4.39 Å². The van der Waals surface area contributed by atoms with Crippen LogP contribution in [-0.2, 0) is 6.42 Å². The molecule has 2 aromatic carbocycles. The van der Waals surface area contributed by atoms with Crippen LogP contribution < -0.4 is 10.5 Å². The van der Waals surface area contributed by atoms with Crippen molar-refractivity contribution in [3.63, 3.8) is 0 Å². The van der Waals surface area contributed by atoms with Crippen LogP contribution in [0.5, 0.6) is 5.75 Å². The number of ether oxygens (including phenoxy) is 1. The van der Waals surface area contributed by atoms with E-state index in [1.807, 2.05) is 6.07 Å². The van der Waals surface area contributed by atoms with Crippen LogP contribution in [0.2, 0.25) is 5.02 Å². The van der Waals surface area contributed by atoms with Gasteiger partial charge < -0.3 is 10.5 Å². The van der Waals surface area contributed by atoms with E-state index >= 15 is 0 Å². The molecule has 1 aliphatic heterocycles. The molecule has 2 aromatic rings. The summed E-state index contributed by atoms with van der Waals surface area (Å²) in [6.45, 7) is 0.457. The molecule has 1 aliphatic rings. The number of fused-ring (bicyclic) bond motifs is 1. The Labute approximate surface area is 122 Å². The minimum Gasteiger partial charge on any atom is -0.488 e. The van der Waals surface area contributed by atoms with Crippen LogP contribution >= 0.6 is 11.6 Å². The van der Waals surface area contributed by atoms with Gasteiger partial charge in [0.1, 0.15) is 17.7 Å². The number of aryl methyl sites for hydroxylation is 1. The third kappa shape index (κ3) is 2.39. The van der Waals surface area contributed by atoms with Crippen LogP contribution in [0.25, 0.3) is 11.1 Å². The molecule has 0 spiro atoms. The van der Waals surface area contributed by atoms with E-state index in [1.165, 1.54) is 6.07 Å². The van der Waals surface area contributed by atoms with Crippen molar-refractivity contribution in [2.45, 2.75) is 18.9 Å². The second-order valence-corrected chi connectivity index (χ2v) is 5.37. The van der Waals surface area contributed by atoms with Gasteiger partial charge in [-0.15, -0.1) is 0 Å². The van der Waals surface area contributed by atoms with Gasteiger partial charge in [0, 0.05) is 22.7 Å². The minimum atomic E-state index is -0.282. The molecular formula is C16H15ClFNO. The van der Waals surface area contributed by atoms with Crippen LogP contribution in [0.15, 0.2) is 36.4 Å². The van der Waals surface area contributed by atoms with E-state index in [1.54, 1.807) is 24.3 Å². The third-order valence-electron chi connectivity index (χ3n) is 3.58. The first kappa shape index (κ1) is 13.4. The first-order valence-electron chi connectivity index (χ1n) is 6.63. The number of benzene rings is 2. The number of nitrogens with two attached hydrogens (primary N) is 1. The summed E-state index contributed by atoms with van der Waals surface area (Å²) < 4.78 is 20.0. The Morgan fingerprint density at radius 2 is 2.05 bits per heavy atom. The normalized spacial score (nSPS) is 17.4. The molecule has 0 aliphatic carbocycles. The van der Waals surface area contributed by atoms with E-state index in [4.69, 9.17) is 22.1 Å². The van der Waals surface area contributed by atoms with Crippen molar-refractivity contribution in [3.05, 3.63) is 52.8 Å². The van der Waals surface area contributed by atoms with Crippen molar-refractivity contribution in [2.75, 3.05) is 6.54 Å². The first-order chi connectivity index (χ1) is 9.69. The van der Waals surface area contributed by atoms with Gasteiger partial charge in [-0.2, -0.15) is 0 Å². The molecule has 1 heterocycles. The van der Waals surface area contributed by atoms with Crippen molar-refractivity contribution in [1.82, 2.24) is 0 Å². The van der Waals surface area contributed by atoms with Crippen molar-refractivity contribution >= 4 is 11.6 Å². The van der Waals surface area contributed by atoms with Crippen LogP contribution in [0.4, 0.5) is 4.39 Å². The molecule has 4 heteroatoms. The zero-order valence-electron chi connectivity index (χ0n) is 10.9. The van der Waals surface area contributed by atoms with Gasteiger partial charge in [-0.05, 0) is 36.6 Å². The summed E-state index contributed by atoms with van der Waals surface area (Å²) in [6, 6.07) is 10.3. The van der Waals surface area contributed by atoms with Gasteiger partial charge in [0.25, 0.3) is 0 Å². The lowest BCUT2D eigenvalue weighted by molar-refractivity contribution is 0.182. The van der Waals surface area contributed by atoms with Gasteiger partial charge in [-0.3, -0.25) is 0 Å². The predicted molar refractivity (Wildman–Crippen MR) is 78.6 cm³/mol. The molecule has 0 radical (unpaired) electrons. The molecule has 3 rings (SSSR count). The molecule has 0 unspecified atom stereocenters. The van der Waals surface area contributed by atoms with Gasteiger partial charge in [0.2, 0.25) is 0 Å². The zero-order valence-corrected chi connectivity index (χ0v) is 11.7. The first-order valence-corrected chi connectivity index (χ1v) is 7.01. The number of rotatable bonds is 2. The lowest BCUT2D eigenvalue weighted by Gasteiger charge is -2.27. The largest absolute Gasteiger partial charge is 0.488 e. The number of hydrogen-bond donors (Lipinski definition) is 1. The second kappa shape index (κ2) is 5.43. The lowest BCUT2D eigenvalue weighted by Crippen LogP contribution is -2.30. The maximum absolute atomic E-state index is 14.0. The molecule has 0 fully saturated rings. The maximum atomic E-state index is 14.0. The molecular weight excluding hydrogens is 277 g/mol. The fourth-order valence-electron chi connectivity index (χ4n) is 2.56. The molecule has 0 saturated heterocycles. The molecule has 104 valence electrons. The predicted octanol–water partition coefficient (Wildman–Crippen LogP) is 3.80. The molecule has 20 heavy (non-hydrogen) atoms. The average molecular weight is 292 g/mol. The Balaban J connectivity index is 2.16. The maximum Gasteiger partial charge on any atom is 0.131 e. The third-order valence-corrected chi connectivity index (χ3v) is 3.80. The van der Waals surface area contributed by atoms with Crippen molar-refractivity contribution < 1.29 is 9.13 Å². The second-order valence-electron chi connectivity index (χ2n) is 4.94. The van der Waals surface area contributed by atoms with E-state index < -0.39 is 0 Å². The molecule has 0 bridgehead atoms. The van der Waals surface area contributed by atoms with Gasteiger partial charge >= 0.3 is 0 Å². The monoisotopic (exact) mass is 291 g/mol. The topological polar surface area (TPSA) is 35.2 Å². The molecule has 0 saturated carbocycles. The molecule has 0 aromatic heterocycles. The average Bonchev–Trinajstić information content (AvgIpc) is 2.46. The Morgan fingerprint density at radius 1 is 1.25 bits per heavy atom. The fraction of sp³-hybridized carbons (Fsp3) is 0.250. The summed E-state index contributed by atoms with van der Waals surface area (Å²) >= 11 is 6.15. The van der Waals surface area contributed by atoms with E-state index in [2.05, 4.69) is 0 Å². The van der Waals surface area contributed by atoms with Crippen molar-refractivity contribution in [3.8, 4) is 16.9 Å². The zero-order chi connectivity index (χ0) is 14.1. The van der Waals surface area contributed by atoms with Gasteiger partial charge in [0.05, 0.1) is 0 Å². The molecule has 1 atom stereocenters. The van der Waals surface area contributed by atoms with E-state index in [0.29, 0.717) is 28.4 Å². The molecule has 2 nitrogen and oxygen atoms in total. The Bertz CT molecular complexity index is 644. The lowest BCUT2D eigenvalue weighted by atomic mass is 9.95. The smallest absolute Gasteiger partial charge is 0.131 e. The summed E-state index contributed by atoms with van der Waals surface area (Å²) in [7, 11) is 0. The fourth-order valence-corrected chi connectivity index (χ4v) is 2.80. The van der Waals surface area contributed by atoms with Crippen LogP contribution in [0, 0.1) is 5.82 Å². The van der Waals surface area contributed by atoms with Crippen LogP contribution in [0.1, 0.15) is 12.0 Å². The highest BCUT2D eigenvalue weighted by Crippen LogP contribution is 2.40. The Hall–Kier alpha value is -1.58. The highest BCUT2D eigenvalue weighted by atomic mass is 35.5. The SMILES string of the molecule is NC[C@H]1CCc2cc(Cl)cc(-c3ccccc3F)c2O1.